The largest absolute Gasteiger partial charge is 0.463 e. The molecule has 1 aliphatic heterocycles. The van der Waals surface area contributed by atoms with Gasteiger partial charge >= 0.3 is 5.97 Å². The molecule has 0 radical (unpaired) electrons. The van der Waals surface area contributed by atoms with E-state index in [1.165, 1.54) is 0 Å². The van der Waals surface area contributed by atoms with Gasteiger partial charge in [0.05, 0.1) is 13.0 Å². The fourth-order valence-electron chi connectivity index (χ4n) is 3.18. The molecule has 3 N–H and O–H groups in total. The van der Waals surface area contributed by atoms with E-state index in [4.69, 9.17) is 9.47 Å². The van der Waals surface area contributed by atoms with E-state index in [1.54, 1.807) is 0 Å². The summed E-state index contributed by atoms with van der Waals surface area (Å²) in [4.78, 5) is 11.9. The van der Waals surface area contributed by atoms with Crippen molar-refractivity contribution in [2.75, 3.05) is 13.2 Å². The molecule has 0 aromatic rings. The molecule has 1 fully saturated rings. The maximum absolute atomic E-state index is 11.9. The second-order valence-electron chi connectivity index (χ2n) is 8.18. The average molecular weight is 318 g/mol. The fraction of sp³-hybridized carbons (Fsp3) is 0.938. The molecular weight excluding hydrogens is 288 g/mol. The third-order valence-corrected chi connectivity index (χ3v) is 3.62. The van der Waals surface area contributed by atoms with Gasteiger partial charge in [-0.3, -0.25) is 4.79 Å². The Kier molecular flexibility index (Phi) is 6.38. The lowest BCUT2D eigenvalue weighted by Gasteiger charge is -2.31. The molecule has 1 rings (SSSR count). The summed E-state index contributed by atoms with van der Waals surface area (Å²) < 4.78 is 10.2. The Labute approximate surface area is 132 Å². The van der Waals surface area contributed by atoms with Crippen molar-refractivity contribution in [1.82, 2.24) is 0 Å². The summed E-state index contributed by atoms with van der Waals surface area (Å²) in [7, 11) is 0. The van der Waals surface area contributed by atoms with E-state index in [0.717, 1.165) is 6.42 Å². The van der Waals surface area contributed by atoms with Gasteiger partial charge in [0.15, 0.2) is 0 Å². The lowest BCUT2D eigenvalue weighted by Crippen LogP contribution is -2.41. The number of aliphatic hydroxyl groups excluding tert-OH is 3. The van der Waals surface area contributed by atoms with Crippen LogP contribution in [-0.4, -0.2) is 58.9 Å². The highest BCUT2D eigenvalue weighted by Gasteiger charge is 2.39. The first kappa shape index (κ1) is 19.4. The summed E-state index contributed by atoms with van der Waals surface area (Å²) in [6.07, 6.45) is -3.12. The third-order valence-electron chi connectivity index (χ3n) is 3.62. The first-order valence-corrected chi connectivity index (χ1v) is 7.73. The van der Waals surface area contributed by atoms with Crippen LogP contribution in [0.5, 0.6) is 0 Å². The Morgan fingerprint density at radius 2 is 1.86 bits per heavy atom. The summed E-state index contributed by atoms with van der Waals surface area (Å²) in [5, 5.41) is 28.9. The lowest BCUT2D eigenvalue weighted by atomic mass is 9.74. The van der Waals surface area contributed by atoms with Gasteiger partial charge in [-0.05, 0) is 17.3 Å². The topological polar surface area (TPSA) is 96.2 Å². The molecule has 0 spiro atoms. The maximum Gasteiger partial charge on any atom is 0.306 e. The van der Waals surface area contributed by atoms with Crippen molar-refractivity contribution < 1.29 is 29.6 Å². The van der Waals surface area contributed by atoms with E-state index in [1.807, 2.05) is 13.8 Å². The van der Waals surface area contributed by atoms with E-state index in [0.29, 0.717) is 0 Å². The van der Waals surface area contributed by atoms with Crippen LogP contribution in [0, 0.1) is 10.8 Å². The van der Waals surface area contributed by atoms with E-state index in [9.17, 15) is 20.1 Å². The summed E-state index contributed by atoms with van der Waals surface area (Å²) in [6.45, 7) is 10.1. The van der Waals surface area contributed by atoms with E-state index >= 15 is 0 Å². The first-order valence-electron chi connectivity index (χ1n) is 7.73. The highest BCUT2D eigenvalue weighted by atomic mass is 16.6. The molecule has 1 aliphatic rings. The van der Waals surface area contributed by atoms with Crippen LogP contribution in [0.4, 0.5) is 0 Å². The van der Waals surface area contributed by atoms with E-state index < -0.39 is 24.4 Å². The van der Waals surface area contributed by atoms with Crippen molar-refractivity contribution in [1.29, 1.82) is 0 Å². The molecule has 0 aromatic carbocycles. The van der Waals surface area contributed by atoms with Gasteiger partial charge in [-0.2, -0.15) is 0 Å². The first-order chi connectivity index (χ1) is 9.91. The summed E-state index contributed by atoms with van der Waals surface area (Å²) >= 11 is 0. The van der Waals surface area contributed by atoms with Crippen LogP contribution in [0.3, 0.4) is 0 Å². The molecule has 0 bridgehead atoms. The van der Waals surface area contributed by atoms with Crippen LogP contribution in [0.15, 0.2) is 0 Å². The molecule has 4 unspecified atom stereocenters. The maximum atomic E-state index is 11.9. The normalized spacial score (nSPS) is 27.7. The van der Waals surface area contributed by atoms with Gasteiger partial charge in [-0.25, -0.2) is 0 Å². The molecule has 4 atom stereocenters. The van der Waals surface area contributed by atoms with Gasteiger partial charge in [-0.15, -0.1) is 0 Å². The number of carbonyl (C=O) groups is 1. The summed E-state index contributed by atoms with van der Waals surface area (Å²) in [6, 6.07) is 0. The minimum atomic E-state index is -1.16. The van der Waals surface area contributed by atoms with Gasteiger partial charge < -0.3 is 24.8 Å². The standard InChI is InChI=1S/C16H30O6/c1-15(2,3)9-16(4,5)6-12(19)21-8-11(18)14-13(20)10(17)7-22-14/h10-11,13-14,17-18,20H,6-9H2,1-5H3. The SMILES string of the molecule is CC(C)(C)CC(C)(C)CC(=O)OCC(O)C1OCC(O)C1O. The Morgan fingerprint density at radius 3 is 2.32 bits per heavy atom. The van der Waals surface area contributed by atoms with Crippen LogP contribution in [0.1, 0.15) is 47.5 Å². The molecule has 0 aliphatic carbocycles. The molecule has 6 nitrogen and oxygen atoms in total. The molecule has 0 amide bonds. The fourth-order valence-corrected chi connectivity index (χ4v) is 3.18. The van der Waals surface area contributed by atoms with E-state index in [2.05, 4.69) is 20.8 Å². The zero-order chi connectivity index (χ0) is 17.1. The lowest BCUT2D eigenvalue weighted by molar-refractivity contribution is -0.153. The Balaban J connectivity index is 2.40. The van der Waals surface area contributed by atoms with Crippen LogP contribution < -0.4 is 0 Å². The monoisotopic (exact) mass is 318 g/mol. The molecule has 1 heterocycles. The van der Waals surface area contributed by atoms with Gasteiger partial charge in [0.1, 0.15) is 31.0 Å². The van der Waals surface area contributed by atoms with Crippen molar-refractivity contribution in [2.24, 2.45) is 10.8 Å². The minimum absolute atomic E-state index is 0.0323. The van der Waals surface area contributed by atoms with Crippen molar-refractivity contribution in [3.63, 3.8) is 0 Å². The quantitative estimate of drug-likeness (QED) is 0.629. The molecule has 1 saturated heterocycles. The van der Waals surface area contributed by atoms with Crippen LogP contribution in [0.25, 0.3) is 0 Å². The second kappa shape index (κ2) is 7.25. The molecule has 0 aromatic heterocycles. The van der Waals surface area contributed by atoms with Gasteiger partial charge in [0.2, 0.25) is 0 Å². The van der Waals surface area contributed by atoms with Crippen molar-refractivity contribution in [3.8, 4) is 0 Å². The number of ether oxygens (including phenoxy) is 2. The zero-order valence-electron chi connectivity index (χ0n) is 14.2. The predicted octanol–water partition coefficient (Wildman–Crippen LogP) is 0.864. The second-order valence-corrected chi connectivity index (χ2v) is 8.18. The number of esters is 1. The van der Waals surface area contributed by atoms with Crippen LogP contribution in [0.2, 0.25) is 0 Å². The minimum Gasteiger partial charge on any atom is -0.463 e. The Bertz CT molecular complexity index is 373. The number of hydrogen-bond acceptors (Lipinski definition) is 6. The predicted molar refractivity (Wildman–Crippen MR) is 81.2 cm³/mol. The van der Waals surface area contributed by atoms with Crippen molar-refractivity contribution in [3.05, 3.63) is 0 Å². The highest BCUT2D eigenvalue weighted by molar-refractivity contribution is 5.70. The average Bonchev–Trinajstić information content (AvgIpc) is 2.63. The van der Waals surface area contributed by atoms with Crippen molar-refractivity contribution in [2.45, 2.75) is 71.9 Å². The van der Waals surface area contributed by atoms with Crippen LogP contribution in [-0.2, 0) is 14.3 Å². The van der Waals surface area contributed by atoms with Gasteiger partial charge in [0.25, 0.3) is 0 Å². The third kappa shape index (κ3) is 6.20. The highest BCUT2D eigenvalue weighted by Crippen LogP contribution is 2.35. The smallest absolute Gasteiger partial charge is 0.306 e. The van der Waals surface area contributed by atoms with E-state index in [-0.39, 0.29) is 36.4 Å². The molecule has 130 valence electrons. The number of hydrogen-bond donors (Lipinski definition) is 3. The number of aliphatic hydroxyl groups is 3. The van der Waals surface area contributed by atoms with Gasteiger partial charge in [0, 0.05) is 0 Å². The number of carbonyl (C=O) groups excluding carboxylic acids is 1. The molecular formula is C16H30O6. The van der Waals surface area contributed by atoms with Gasteiger partial charge in [-0.1, -0.05) is 34.6 Å². The molecule has 0 saturated carbocycles. The Morgan fingerprint density at radius 1 is 1.27 bits per heavy atom. The molecule has 6 heteroatoms. The summed E-state index contributed by atoms with van der Waals surface area (Å²) in [5.41, 5.74) is -0.0823. The number of rotatable bonds is 6. The zero-order valence-corrected chi connectivity index (χ0v) is 14.2. The van der Waals surface area contributed by atoms with Crippen molar-refractivity contribution >= 4 is 5.97 Å². The Hall–Kier alpha value is -0.690. The van der Waals surface area contributed by atoms with Crippen LogP contribution >= 0.6 is 0 Å². The molecule has 22 heavy (non-hydrogen) atoms. The summed E-state index contributed by atoms with van der Waals surface area (Å²) in [5.74, 6) is -0.388.